The number of methoxy groups -OCH3 is 1. The highest BCUT2D eigenvalue weighted by molar-refractivity contribution is 5.91. The van der Waals surface area contributed by atoms with Gasteiger partial charge in [-0.05, 0) is 51.0 Å². The van der Waals surface area contributed by atoms with Crippen molar-refractivity contribution in [1.29, 1.82) is 0 Å². The zero-order chi connectivity index (χ0) is 24.6. The van der Waals surface area contributed by atoms with E-state index in [1.807, 2.05) is 30.3 Å². The predicted octanol–water partition coefficient (Wildman–Crippen LogP) is 4.10. The van der Waals surface area contributed by atoms with Crippen molar-refractivity contribution in [3.05, 3.63) is 65.7 Å². The Morgan fingerprint density at radius 1 is 0.970 bits per heavy atom. The topological polar surface area (TPSA) is 82.1 Å². The summed E-state index contributed by atoms with van der Waals surface area (Å²) in [6.07, 6.45) is -0.154. The summed E-state index contributed by atoms with van der Waals surface area (Å²) in [5.41, 5.74) is 0.991. The molecule has 0 aliphatic rings. The molecule has 0 saturated carbocycles. The van der Waals surface area contributed by atoms with Crippen molar-refractivity contribution in [1.82, 2.24) is 4.90 Å². The van der Waals surface area contributed by atoms with Crippen LogP contribution in [0.3, 0.4) is 0 Å². The Hall–Kier alpha value is -3.35. The van der Waals surface area contributed by atoms with Crippen molar-refractivity contribution in [3.8, 4) is 5.75 Å². The van der Waals surface area contributed by atoms with Gasteiger partial charge in [-0.15, -0.1) is 0 Å². The first-order valence-electron chi connectivity index (χ1n) is 10.8. The van der Waals surface area contributed by atoms with Gasteiger partial charge in [0.2, 0.25) is 5.91 Å². The van der Waals surface area contributed by atoms with E-state index in [0.29, 0.717) is 17.9 Å². The molecule has 0 saturated heterocycles. The molecule has 0 N–H and O–H groups in total. The summed E-state index contributed by atoms with van der Waals surface area (Å²) in [6.45, 7) is 7.30. The van der Waals surface area contributed by atoms with Crippen molar-refractivity contribution >= 4 is 17.8 Å². The van der Waals surface area contributed by atoms with E-state index in [4.69, 9.17) is 14.2 Å². The lowest BCUT2D eigenvalue weighted by Crippen LogP contribution is -2.43. The van der Waals surface area contributed by atoms with Crippen LogP contribution < -0.4 is 4.74 Å². The number of carbonyl (C=O) groups excluding carboxylic acids is 3. The molecule has 7 nitrogen and oxygen atoms in total. The molecule has 0 heterocycles. The number of hydrogen-bond donors (Lipinski definition) is 0. The molecule has 0 bridgehead atoms. The van der Waals surface area contributed by atoms with Gasteiger partial charge in [0.15, 0.2) is 0 Å². The van der Waals surface area contributed by atoms with Crippen LogP contribution in [0.15, 0.2) is 54.6 Å². The fraction of sp³-hybridized carbons (Fsp3) is 0.423. The molecule has 0 aliphatic heterocycles. The van der Waals surface area contributed by atoms with Crippen LogP contribution in [0.2, 0.25) is 0 Å². The minimum atomic E-state index is -0.819. The summed E-state index contributed by atoms with van der Waals surface area (Å²) < 4.78 is 16.0. The Labute approximate surface area is 195 Å². The second-order valence-electron chi connectivity index (χ2n) is 8.83. The Balaban J connectivity index is 2.21. The molecule has 2 rings (SSSR count). The summed E-state index contributed by atoms with van der Waals surface area (Å²) in [5.74, 6) is -1.59. The number of rotatable bonds is 9. The number of hydrogen-bond acceptors (Lipinski definition) is 6. The lowest BCUT2D eigenvalue weighted by Gasteiger charge is -2.28. The number of amides is 1. The van der Waals surface area contributed by atoms with Gasteiger partial charge in [0.1, 0.15) is 24.0 Å². The van der Waals surface area contributed by atoms with Gasteiger partial charge in [-0.25, -0.2) is 4.79 Å². The fourth-order valence-electron chi connectivity index (χ4n) is 3.20. The highest BCUT2D eigenvalue weighted by Crippen LogP contribution is 2.27. The molecule has 0 radical (unpaired) electrons. The van der Waals surface area contributed by atoms with Crippen LogP contribution in [-0.4, -0.2) is 48.5 Å². The van der Waals surface area contributed by atoms with E-state index in [-0.39, 0.29) is 12.3 Å². The molecule has 2 atom stereocenters. The minimum Gasteiger partial charge on any atom is -0.489 e. The average Bonchev–Trinajstić information content (AvgIpc) is 2.79. The standard InChI is InChI=1S/C26H33NO6/c1-18(25(30)31-6)27(5)24(29)22(16-23(28)33-26(2,3)4)20-12-14-21(15-13-20)32-17-19-10-8-7-9-11-19/h7-15,18,22H,16-17H2,1-6H3. The highest BCUT2D eigenvalue weighted by Gasteiger charge is 2.32. The number of esters is 2. The van der Waals surface area contributed by atoms with Crippen molar-refractivity contribution in [2.45, 2.75) is 58.3 Å². The predicted molar refractivity (Wildman–Crippen MR) is 125 cm³/mol. The van der Waals surface area contributed by atoms with E-state index < -0.39 is 29.5 Å². The monoisotopic (exact) mass is 455 g/mol. The van der Waals surface area contributed by atoms with Crippen LogP contribution in [0.4, 0.5) is 0 Å². The van der Waals surface area contributed by atoms with Gasteiger partial charge < -0.3 is 19.1 Å². The molecular formula is C26H33NO6. The maximum atomic E-state index is 13.3. The second-order valence-corrected chi connectivity index (χ2v) is 8.83. The van der Waals surface area contributed by atoms with Crippen molar-refractivity contribution in [3.63, 3.8) is 0 Å². The largest absolute Gasteiger partial charge is 0.489 e. The molecule has 1 amide bonds. The number of likely N-dealkylation sites (N-methyl/N-ethyl adjacent to an activating group) is 1. The third kappa shape index (κ3) is 7.93. The zero-order valence-corrected chi connectivity index (χ0v) is 20.2. The molecular weight excluding hydrogens is 422 g/mol. The first-order valence-corrected chi connectivity index (χ1v) is 10.8. The second kappa shape index (κ2) is 11.5. The molecule has 2 aromatic carbocycles. The van der Waals surface area contributed by atoms with E-state index in [1.54, 1.807) is 52.0 Å². The number of carbonyl (C=O) groups is 3. The summed E-state index contributed by atoms with van der Waals surface area (Å²) in [7, 11) is 2.78. The zero-order valence-electron chi connectivity index (χ0n) is 20.2. The molecule has 178 valence electrons. The Morgan fingerprint density at radius 3 is 2.12 bits per heavy atom. The van der Waals surface area contributed by atoms with E-state index in [9.17, 15) is 14.4 Å². The van der Waals surface area contributed by atoms with Crippen LogP contribution in [0.25, 0.3) is 0 Å². The third-order valence-electron chi connectivity index (χ3n) is 5.09. The van der Waals surface area contributed by atoms with Gasteiger partial charge in [-0.1, -0.05) is 42.5 Å². The van der Waals surface area contributed by atoms with Gasteiger partial charge in [0.25, 0.3) is 0 Å². The van der Waals surface area contributed by atoms with Crippen LogP contribution in [0.5, 0.6) is 5.75 Å². The third-order valence-corrected chi connectivity index (χ3v) is 5.09. The number of nitrogens with zero attached hydrogens (tertiary/aromatic N) is 1. The van der Waals surface area contributed by atoms with Gasteiger partial charge in [-0.2, -0.15) is 0 Å². The van der Waals surface area contributed by atoms with Crippen LogP contribution >= 0.6 is 0 Å². The quantitative estimate of drug-likeness (QED) is 0.530. The summed E-state index contributed by atoms with van der Waals surface area (Å²) in [4.78, 5) is 39.1. The average molecular weight is 456 g/mol. The van der Waals surface area contributed by atoms with Gasteiger partial charge in [0, 0.05) is 7.05 Å². The number of benzene rings is 2. The molecule has 0 spiro atoms. The Bertz CT molecular complexity index is 934. The molecule has 2 aromatic rings. The maximum absolute atomic E-state index is 13.3. The summed E-state index contributed by atoms with van der Waals surface area (Å²) >= 11 is 0. The first kappa shape index (κ1) is 25.9. The van der Waals surface area contributed by atoms with E-state index in [0.717, 1.165) is 5.56 Å². The van der Waals surface area contributed by atoms with Crippen molar-refractivity contribution in [2.24, 2.45) is 0 Å². The SMILES string of the molecule is COC(=O)C(C)N(C)C(=O)C(CC(=O)OC(C)(C)C)c1ccc(OCc2ccccc2)cc1. The minimum absolute atomic E-state index is 0.154. The number of ether oxygens (including phenoxy) is 3. The molecule has 0 fully saturated rings. The maximum Gasteiger partial charge on any atom is 0.328 e. The Kier molecular flexibility index (Phi) is 9.02. The van der Waals surface area contributed by atoms with Gasteiger partial charge >= 0.3 is 11.9 Å². The van der Waals surface area contributed by atoms with Gasteiger partial charge in [0.05, 0.1) is 19.4 Å². The highest BCUT2D eigenvalue weighted by atomic mass is 16.6. The van der Waals surface area contributed by atoms with Crippen LogP contribution in [-0.2, 0) is 30.5 Å². The van der Waals surface area contributed by atoms with Crippen LogP contribution in [0, 0.1) is 0 Å². The first-order chi connectivity index (χ1) is 15.5. The van der Waals surface area contributed by atoms with Crippen molar-refractivity contribution in [2.75, 3.05) is 14.2 Å². The van der Waals surface area contributed by atoms with Crippen LogP contribution in [0.1, 0.15) is 51.2 Å². The van der Waals surface area contributed by atoms with E-state index in [2.05, 4.69) is 0 Å². The molecule has 33 heavy (non-hydrogen) atoms. The smallest absolute Gasteiger partial charge is 0.328 e. The normalized spacial score (nSPS) is 12.9. The lowest BCUT2D eigenvalue weighted by atomic mass is 9.93. The lowest BCUT2D eigenvalue weighted by molar-refractivity contribution is -0.157. The molecule has 2 unspecified atom stereocenters. The van der Waals surface area contributed by atoms with E-state index in [1.165, 1.54) is 19.1 Å². The molecule has 0 aliphatic carbocycles. The summed E-state index contributed by atoms with van der Waals surface area (Å²) in [5, 5.41) is 0. The molecule has 7 heteroatoms. The van der Waals surface area contributed by atoms with Crippen molar-refractivity contribution < 1.29 is 28.6 Å². The van der Waals surface area contributed by atoms with Gasteiger partial charge in [-0.3, -0.25) is 9.59 Å². The van der Waals surface area contributed by atoms with E-state index >= 15 is 0 Å². The summed E-state index contributed by atoms with van der Waals surface area (Å²) in [6, 6.07) is 16.0. The fourth-order valence-corrected chi connectivity index (χ4v) is 3.20. The Morgan fingerprint density at radius 2 is 1.58 bits per heavy atom. The molecule has 0 aromatic heterocycles.